The lowest BCUT2D eigenvalue weighted by Gasteiger charge is -2.27. The zero-order valence-corrected chi connectivity index (χ0v) is 14.2. The molecule has 2 atom stereocenters. The molecule has 1 aromatic rings. The van der Waals surface area contributed by atoms with Crippen LogP contribution in [0.3, 0.4) is 0 Å². The van der Waals surface area contributed by atoms with Crippen molar-refractivity contribution >= 4 is 6.03 Å². The number of hydrogen-bond acceptors (Lipinski definition) is 4. The van der Waals surface area contributed by atoms with Gasteiger partial charge in [-0.1, -0.05) is 13.8 Å². The summed E-state index contributed by atoms with van der Waals surface area (Å²) in [6.07, 6.45) is 3.76. The van der Waals surface area contributed by atoms with Gasteiger partial charge in [0.15, 0.2) is 5.82 Å². The van der Waals surface area contributed by atoms with E-state index >= 15 is 0 Å². The highest BCUT2D eigenvalue weighted by Gasteiger charge is 2.32. The Labute approximate surface area is 137 Å². The van der Waals surface area contributed by atoms with Crippen LogP contribution in [0.2, 0.25) is 0 Å². The number of aryl methyl sites for hydroxylation is 1. The molecule has 1 aromatic heterocycles. The Bertz CT molecular complexity index is 567. The van der Waals surface area contributed by atoms with Crippen molar-refractivity contribution in [3.05, 3.63) is 11.6 Å². The van der Waals surface area contributed by atoms with Gasteiger partial charge < -0.3 is 19.9 Å². The number of nitrogens with one attached hydrogen (secondary N) is 1. The van der Waals surface area contributed by atoms with Gasteiger partial charge in [-0.15, -0.1) is 10.2 Å². The average molecular weight is 321 g/mol. The smallest absolute Gasteiger partial charge is 0.317 e. The van der Waals surface area contributed by atoms with E-state index in [1.807, 2.05) is 0 Å². The zero-order chi connectivity index (χ0) is 16.6. The Kier molecular flexibility index (Phi) is 4.57. The van der Waals surface area contributed by atoms with Gasteiger partial charge in [0.05, 0.1) is 12.1 Å². The highest BCUT2D eigenvalue weighted by atomic mass is 16.3. The summed E-state index contributed by atoms with van der Waals surface area (Å²) in [5, 5.41) is 21.6. The molecular weight excluding hydrogens is 294 g/mol. The molecule has 0 radical (unpaired) electrons. The molecule has 7 nitrogen and oxygen atoms in total. The Balaban J connectivity index is 1.65. The number of hydrogen-bond donors (Lipinski definition) is 2. The number of amides is 2. The molecule has 2 aliphatic rings. The molecule has 2 unspecified atom stereocenters. The van der Waals surface area contributed by atoms with Crippen LogP contribution in [0.5, 0.6) is 0 Å². The first-order valence-electron chi connectivity index (χ1n) is 8.59. The minimum absolute atomic E-state index is 0.164. The number of aliphatic hydroxyl groups excluding tert-OH is 1. The molecule has 1 aliphatic heterocycles. The first-order chi connectivity index (χ1) is 11.0. The maximum atomic E-state index is 12.5. The highest BCUT2D eigenvalue weighted by molar-refractivity contribution is 5.74. The second-order valence-corrected chi connectivity index (χ2v) is 7.19. The van der Waals surface area contributed by atoms with Crippen LogP contribution in [0.1, 0.15) is 50.8 Å². The van der Waals surface area contributed by atoms with E-state index in [1.54, 1.807) is 11.9 Å². The van der Waals surface area contributed by atoms with E-state index in [2.05, 4.69) is 33.9 Å². The molecule has 3 rings (SSSR count). The Hall–Kier alpha value is -1.63. The second-order valence-electron chi connectivity index (χ2n) is 7.19. The van der Waals surface area contributed by atoms with Crippen LogP contribution >= 0.6 is 0 Å². The summed E-state index contributed by atoms with van der Waals surface area (Å²) in [5.41, 5.74) is 0. The lowest BCUT2D eigenvalue weighted by molar-refractivity contribution is 0.111. The van der Waals surface area contributed by atoms with Crippen LogP contribution < -0.4 is 5.32 Å². The number of nitrogens with zero attached hydrogens (tertiary/aromatic N) is 4. The third-order valence-electron chi connectivity index (χ3n) is 4.84. The monoisotopic (exact) mass is 321 g/mol. The second kappa shape index (κ2) is 6.47. The van der Waals surface area contributed by atoms with Gasteiger partial charge in [-0.3, -0.25) is 0 Å². The van der Waals surface area contributed by atoms with Crippen molar-refractivity contribution in [3.8, 4) is 0 Å². The number of rotatable bonds is 6. The van der Waals surface area contributed by atoms with Gasteiger partial charge in [0.1, 0.15) is 5.82 Å². The number of urea groups is 1. The minimum atomic E-state index is -0.416. The molecule has 128 valence electrons. The van der Waals surface area contributed by atoms with Crippen LogP contribution in [0.15, 0.2) is 0 Å². The van der Waals surface area contributed by atoms with Crippen molar-refractivity contribution in [2.24, 2.45) is 11.8 Å². The zero-order valence-electron chi connectivity index (χ0n) is 14.2. The number of aliphatic hydroxyl groups is 1. The van der Waals surface area contributed by atoms with Gasteiger partial charge in [-0.2, -0.15) is 0 Å². The molecule has 1 fully saturated rings. The normalized spacial score (nSPS) is 19.5. The third kappa shape index (κ3) is 3.49. The van der Waals surface area contributed by atoms with Gasteiger partial charge in [-0.05, 0) is 31.1 Å². The fraction of sp³-hybridized carbons (Fsp3) is 0.812. The first kappa shape index (κ1) is 16.2. The Morgan fingerprint density at radius 3 is 2.83 bits per heavy atom. The lowest BCUT2D eigenvalue weighted by atomic mass is 10.0. The van der Waals surface area contributed by atoms with Gasteiger partial charge in [-0.25, -0.2) is 4.79 Å². The lowest BCUT2D eigenvalue weighted by Crippen LogP contribution is -2.44. The number of aromatic nitrogens is 3. The molecule has 0 spiro atoms. The van der Waals surface area contributed by atoms with E-state index in [0.717, 1.165) is 43.9 Å². The van der Waals surface area contributed by atoms with E-state index in [0.29, 0.717) is 12.5 Å². The van der Waals surface area contributed by atoms with Gasteiger partial charge in [0.2, 0.25) is 0 Å². The van der Waals surface area contributed by atoms with Crippen molar-refractivity contribution in [2.45, 2.75) is 58.2 Å². The summed E-state index contributed by atoms with van der Waals surface area (Å²) in [4.78, 5) is 14.0. The molecule has 0 bridgehead atoms. The Morgan fingerprint density at radius 2 is 2.17 bits per heavy atom. The van der Waals surface area contributed by atoms with Crippen molar-refractivity contribution in [3.63, 3.8) is 0 Å². The van der Waals surface area contributed by atoms with Crippen LogP contribution in [0.4, 0.5) is 4.79 Å². The SMILES string of the molecule is CC(C)C(NC(=O)N(C)CC(O)C1CC1)c1nnc2n1CCC2. The van der Waals surface area contributed by atoms with E-state index in [9.17, 15) is 9.90 Å². The van der Waals surface area contributed by atoms with Crippen LogP contribution in [0.25, 0.3) is 0 Å². The molecule has 2 amide bonds. The molecule has 0 saturated heterocycles. The fourth-order valence-corrected chi connectivity index (χ4v) is 3.17. The predicted molar refractivity (Wildman–Crippen MR) is 85.8 cm³/mol. The largest absolute Gasteiger partial charge is 0.391 e. The standard InChI is InChI=1S/C16H27N5O2/c1-10(2)14(15-19-18-13-5-4-8-21(13)15)17-16(23)20(3)9-12(22)11-6-7-11/h10-12,14,22H,4-9H2,1-3H3,(H,17,23). The fourth-order valence-electron chi connectivity index (χ4n) is 3.17. The van der Waals surface area contributed by atoms with Crippen LogP contribution in [0, 0.1) is 11.8 Å². The molecule has 23 heavy (non-hydrogen) atoms. The number of carbonyl (C=O) groups excluding carboxylic acids is 1. The molecule has 2 heterocycles. The van der Waals surface area contributed by atoms with E-state index in [-0.39, 0.29) is 18.0 Å². The number of carbonyl (C=O) groups is 1. The summed E-state index contributed by atoms with van der Waals surface area (Å²) >= 11 is 0. The third-order valence-corrected chi connectivity index (χ3v) is 4.84. The number of likely N-dealkylation sites (N-methyl/N-ethyl adjacent to an activating group) is 1. The average Bonchev–Trinajstić information content (AvgIpc) is 3.13. The van der Waals surface area contributed by atoms with Gasteiger partial charge in [0.25, 0.3) is 0 Å². The Morgan fingerprint density at radius 1 is 1.43 bits per heavy atom. The van der Waals surface area contributed by atoms with Crippen LogP contribution in [-0.4, -0.2) is 50.5 Å². The minimum Gasteiger partial charge on any atom is -0.391 e. The van der Waals surface area contributed by atoms with Crippen molar-refractivity contribution < 1.29 is 9.90 Å². The van der Waals surface area contributed by atoms with Crippen molar-refractivity contribution in [1.82, 2.24) is 25.0 Å². The predicted octanol–water partition coefficient (Wildman–Crippen LogP) is 1.33. The van der Waals surface area contributed by atoms with Gasteiger partial charge in [0, 0.05) is 26.6 Å². The first-order valence-corrected chi connectivity index (χ1v) is 8.59. The molecular formula is C16H27N5O2. The van der Waals surface area contributed by atoms with Gasteiger partial charge >= 0.3 is 6.03 Å². The summed E-state index contributed by atoms with van der Waals surface area (Å²) in [6.45, 7) is 5.44. The molecule has 2 N–H and O–H groups in total. The summed E-state index contributed by atoms with van der Waals surface area (Å²) < 4.78 is 2.13. The molecule has 7 heteroatoms. The van der Waals surface area contributed by atoms with Crippen LogP contribution in [-0.2, 0) is 13.0 Å². The summed E-state index contributed by atoms with van der Waals surface area (Å²) in [7, 11) is 1.73. The quantitative estimate of drug-likeness (QED) is 0.828. The summed E-state index contributed by atoms with van der Waals surface area (Å²) in [5.74, 6) is 2.44. The number of fused-ring (bicyclic) bond motifs is 1. The highest BCUT2D eigenvalue weighted by Crippen LogP contribution is 2.32. The summed E-state index contributed by atoms with van der Waals surface area (Å²) in [6, 6.07) is -0.332. The topological polar surface area (TPSA) is 83.3 Å². The van der Waals surface area contributed by atoms with E-state index < -0.39 is 6.10 Å². The molecule has 0 aromatic carbocycles. The maximum Gasteiger partial charge on any atom is 0.317 e. The van der Waals surface area contributed by atoms with E-state index in [1.165, 1.54) is 0 Å². The van der Waals surface area contributed by atoms with Crippen molar-refractivity contribution in [1.29, 1.82) is 0 Å². The molecule has 1 aliphatic carbocycles. The molecule has 1 saturated carbocycles. The van der Waals surface area contributed by atoms with E-state index in [4.69, 9.17) is 0 Å². The maximum absolute atomic E-state index is 12.5. The van der Waals surface area contributed by atoms with Crippen molar-refractivity contribution in [2.75, 3.05) is 13.6 Å².